The number of aliphatic carboxylic acids is 1. The fraction of sp³-hybridized carbons (Fsp3) is 0.533. The van der Waals surface area contributed by atoms with Crippen LogP contribution in [0.15, 0.2) is 18.2 Å². The smallest absolute Gasteiger partial charge is 0.309 e. The molecular formula is C15H20O4. The summed E-state index contributed by atoms with van der Waals surface area (Å²) in [6, 6.07) is 5.84. The summed E-state index contributed by atoms with van der Waals surface area (Å²) < 4.78 is 11.2. The Labute approximate surface area is 113 Å². The molecule has 0 amide bonds. The van der Waals surface area contributed by atoms with Gasteiger partial charge in [-0.15, -0.1) is 0 Å². The number of carboxylic acid groups (broad SMARTS) is 1. The minimum atomic E-state index is -0.762. The van der Waals surface area contributed by atoms with Crippen LogP contribution in [0, 0.1) is 5.41 Å². The van der Waals surface area contributed by atoms with Crippen LogP contribution in [0.2, 0.25) is 0 Å². The van der Waals surface area contributed by atoms with E-state index in [1.807, 2.05) is 18.2 Å². The van der Waals surface area contributed by atoms with Crippen LogP contribution in [0.5, 0.6) is 11.5 Å². The number of ether oxygens (including phenoxy) is 2. The molecule has 1 aliphatic heterocycles. The van der Waals surface area contributed by atoms with Crippen LogP contribution < -0.4 is 9.47 Å². The summed E-state index contributed by atoms with van der Waals surface area (Å²) >= 11 is 0. The molecule has 0 saturated carbocycles. The normalized spacial score (nSPS) is 14.8. The molecule has 0 bridgehead atoms. The first-order valence-electron chi connectivity index (χ1n) is 6.61. The molecule has 0 aliphatic carbocycles. The highest BCUT2D eigenvalue weighted by Gasteiger charge is 2.26. The number of rotatable bonds is 4. The van der Waals surface area contributed by atoms with Crippen LogP contribution >= 0.6 is 0 Å². The Morgan fingerprint density at radius 2 is 1.95 bits per heavy atom. The Morgan fingerprint density at radius 3 is 2.63 bits per heavy atom. The van der Waals surface area contributed by atoms with Gasteiger partial charge in [0.05, 0.1) is 18.6 Å². The summed E-state index contributed by atoms with van der Waals surface area (Å²) in [5.74, 6) is 0.781. The first-order chi connectivity index (χ1) is 8.99. The Morgan fingerprint density at radius 1 is 1.26 bits per heavy atom. The van der Waals surface area contributed by atoms with E-state index in [0.717, 1.165) is 29.9 Å². The SMILES string of the molecule is CC(C)(CCc1ccc2c(c1)OCCCO2)C(=O)O. The second-order valence-corrected chi connectivity index (χ2v) is 5.52. The number of carbonyl (C=O) groups is 1. The van der Waals surface area contributed by atoms with Gasteiger partial charge in [0.15, 0.2) is 11.5 Å². The Kier molecular flexibility index (Phi) is 3.98. The van der Waals surface area contributed by atoms with Gasteiger partial charge in [0, 0.05) is 6.42 Å². The molecule has 1 heterocycles. The third-order valence-corrected chi connectivity index (χ3v) is 3.43. The zero-order valence-electron chi connectivity index (χ0n) is 11.4. The maximum atomic E-state index is 11.1. The molecule has 1 aromatic carbocycles. The van der Waals surface area contributed by atoms with Gasteiger partial charge in [-0.3, -0.25) is 4.79 Å². The van der Waals surface area contributed by atoms with Crippen molar-refractivity contribution in [2.24, 2.45) is 5.41 Å². The van der Waals surface area contributed by atoms with Gasteiger partial charge in [0.1, 0.15) is 0 Å². The van der Waals surface area contributed by atoms with Gasteiger partial charge < -0.3 is 14.6 Å². The summed E-state index contributed by atoms with van der Waals surface area (Å²) in [6.45, 7) is 4.84. The Hall–Kier alpha value is -1.71. The third kappa shape index (κ3) is 3.40. The highest BCUT2D eigenvalue weighted by atomic mass is 16.5. The molecule has 104 valence electrons. The summed E-state index contributed by atoms with van der Waals surface area (Å²) in [5, 5.41) is 9.10. The number of hydrogen-bond donors (Lipinski definition) is 1. The second-order valence-electron chi connectivity index (χ2n) is 5.52. The molecule has 4 nitrogen and oxygen atoms in total. The quantitative estimate of drug-likeness (QED) is 0.908. The van der Waals surface area contributed by atoms with Crippen LogP contribution in [0.25, 0.3) is 0 Å². The van der Waals surface area contributed by atoms with Gasteiger partial charge >= 0.3 is 5.97 Å². The highest BCUT2D eigenvalue weighted by Crippen LogP contribution is 2.32. The summed E-state index contributed by atoms with van der Waals surface area (Å²) in [6.07, 6.45) is 2.20. The van der Waals surface area contributed by atoms with E-state index in [1.165, 1.54) is 0 Å². The van der Waals surface area contributed by atoms with Gasteiger partial charge in [0.2, 0.25) is 0 Å². The van der Waals surface area contributed by atoms with E-state index < -0.39 is 11.4 Å². The molecule has 1 aliphatic rings. The van der Waals surface area contributed by atoms with Crippen molar-refractivity contribution in [1.82, 2.24) is 0 Å². The number of aryl methyl sites for hydroxylation is 1. The lowest BCUT2D eigenvalue weighted by molar-refractivity contribution is -0.147. The van der Waals surface area contributed by atoms with Crippen molar-refractivity contribution in [2.45, 2.75) is 33.1 Å². The van der Waals surface area contributed by atoms with E-state index >= 15 is 0 Å². The maximum absolute atomic E-state index is 11.1. The molecule has 0 aromatic heterocycles. The molecule has 0 radical (unpaired) electrons. The summed E-state index contributed by atoms with van der Waals surface area (Å²) in [5.41, 5.74) is 0.378. The molecular weight excluding hydrogens is 244 g/mol. The fourth-order valence-electron chi connectivity index (χ4n) is 1.93. The number of benzene rings is 1. The molecule has 4 heteroatoms. The number of fused-ring (bicyclic) bond motifs is 1. The Balaban J connectivity index is 2.06. The van der Waals surface area contributed by atoms with E-state index in [9.17, 15) is 4.79 Å². The van der Waals surface area contributed by atoms with Gasteiger partial charge in [-0.2, -0.15) is 0 Å². The summed E-state index contributed by atoms with van der Waals surface area (Å²) in [7, 11) is 0. The molecule has 0 atom stereocenters. The fourth-order valence-corrected chi connectivity index (χ4v) is 1.93. The van der Waals surface area contributed by atoms with Crippen LogP contribution in [0.1, 0.15) is 32.3 Å². The monoisotopic (exact) mass is 264 g/mol. The van der Waals surface area contributed by atoms with Crippen molar-refractivity contribution in [3.63, 3.8) is 0 Å². The van der Waals surface area contributed by atoms with Gasteiger partial charge in [-0.1, -0.05) is 6.07 Å². The molecule has 2 rings (SSSR count). The van der Waals surface area contributed by atoms with Crippen LogP contribution in [-0.4, -0.2) is 24.3 Å². The zero-order chi connectivity index (χ0) is 13.9. The van der Waals surface area contributed by atoms with E-state index in [-0.39, 0.29) is 0 Å². The molecule has 0 spiro atoms. The maximum Gasteiger partial charge on any atom is 0.309 e. The first kappa shape index (κ1) is 13.7. The van der Waals surface area contributed by atoms with E-state index in [0.29, 0.717) is 19.6 Å². The molecule has 0 unspecified atom stereocenters. The molecule has 0 fully saturated rings. The standard InChI is InChI=1S/C15H20O4/c1-15(2,14(16)17)7-6-11-4-5-12-13(10-11)19-9-3-8-18-12/h4-5,10H,3,6-9H2,1-2H3,(H,16,17). The largest absolute Gasteiger partial charge is 0.490 e. The summed E-state index contributed by atoms with van der Waals surface area (Å²) in [4.78, 5) is 11.1. The first-order valence-corrected chi connectivity index (χ1v) is 6.61. The Bertz CT molecular complexity index is 465. The third-order valence-electron chi connectivity index (χ3n) is 3.43. The van der Waals surface area contributed by atoms with E-state index in [2.05, 4.69) is 0 Å². The number of carboxylic acids is 1. The van der Waals surface area contributed by atoms with Crippen LogP contribution in [0.4, 0.5) is 0 Å². The van der Waals surface area contributed by atoms with Gasteiger partial charge in [0.25, 0.3) is 0 Å². The zero-order valence-corrected chi connectivity index (χ0v) is 11.4. The van der Waals surface area contributed by atoms with Crippen molar-refractivity contribution in [3.05, 3.63) is 23.8 Å². The van der Waals surface area contributed by atoms with E-state index in [4.69, 9.17) is 14.6 Å². The van der Waals surface area contributed by atoms with Gasteiger partial charge in [-0.05, 0) is 44.4 Å². The van der Waals surface area contributed by atoms with E-state index in [1.54, 1.807) is 13.8 Å². The molecule has 1 aromatic rings. The van der Waals surface area contributed by atoms with Crippen molar-refractivity contribution in [1.29, 1.82) is 0 Å². The minimum Gasteiger partial charge on any atom is -0.490 e. The molecule has 0 saturated heterocycles. The average Bonchev–Trinajstić information content (AvgIpc) is 2.60. The minimum absolute atomic E-state index is 0.599. The van der Waals surface area contributed by atoms with Gasteiger partial charge in [-0.25, -0.2) is 0 Å². The predicted octanol–water partition coefficient (Wildman–Crippen LogP) is 2.89. The molecule has 19 heavy (non-hydrogen) atoms. The lowest BCUT2D eigenvalue weighted by Gasteiger charge is -2.19. The van der Waals surface area contributed by atoms with Crippen molar-refractivity contribution >= 4 is 5.97 Å². The molecule has 1 N–H and O–H groups in total. The lowest BCUT2D eigenvalue weighted by atomic mass is 9.86. The van der Waals surface area contributed by atoms with Crippen molar-refractivity contribution in [2.75, 3.05) is 13.2 Å². The lowest BCUT2D eigenvalue weighted by Crippen LogP contribution is -2.24. The number of hydrogen-bond acceptors (Lipinski definition) is 3. The van der Waals surface area contributed by atoms with Crippen molar-refractivity contribution in [3.8, 4) is 11.5 Å². The second kappa shape index (κ2) is 5.51. The average molecular weight is 264 g/mol. The topological polar surface area (TPSA) is 55.8 Å². The highest BCUT2D eigenvalue weighted by molar-refractivity contribution is 5.73. The predicted molar refractivity (Wildman–Crippen MR) is 71.8 cm³/mol. The van der Waals surface area contributed by atoms with Crippen molar-refractivity contribution < 1.29 is 19.4 Å². The van der Waals surface area contributed by atoms with Crippen LogP contribution in [0.3, 0.4) is 0 Å². The van der Waals surface area contributed by atoms with Crippen LogP contribution in [-0.2, 0) is 11.2 Å².